The predicted octanol–water partition coefficient (Wildman–Crippen LogP) is 3.61. The van der Waals surface area contributed by atoms with E-state index in [-0.39, 0.29) is 16.8 Å². The number of aryl methyl sites for hydroxylation is 1. The molecule has 0 amide bonds. The van der Waals surface area contributed by atoms with Gasteiger partial charge in [-0.15, -0.1) is 0 Å². The zero-order valence-corrected chi connectivity index (χ0v) is 14.6. The number of aromatic nitrogens is 2. The van der Waals surface area contributed by atoms with Crippen LogP contribution in [0.3, 0.4) is 0 Å². The summed E-state index contributed by atoms with van der Waals surface area (Å²) in [4.78, 5) is 11.9. The van der Waals surface area contributed by atoms with Crippen LogP contribution in [0.5, 0.6) is 0 Å². The first-order chi connectivity index (χ1) is 11.0. The summed E-state index contributed by atoms with van der Waals surface area (Å²) in [7, 11) is 1.62. The molecule has 1 aromatic heterocycles. The van der Waals surface area contributed by atoms with Gasteiger partial charge in [0.2, 0.25) is 0 Å². The maximum atomic E-state index is 13.2. The van der Waals surface area contributed by atoms with Crippen LogP contribution in [0.1, 0.15) is 31.2 Å². The highest BCUT2D eigenvalue weighted by Gasteiger charge is 2.35. The molecule has 1 aliphatic rings. The van der Waals surface area contributed by atoms with Crippen LogP contribution in [0.25, 0.3) is 0 Å². The highest BCUT2D eigenvalue weighted by molar-refractivity contribution is 9.10. The zero-order valence-electron chi connectivity index (χ0n) is 13.0. The highest BCUT2D eigenvalue weighted by Crippen LogP contribution is 2.41. The van der Waals surface area contributed by atoms with Gasteiger partial charge in [0.15, 0.2) is 0 Å². The highest BCUT2D eigenvalue weighted by atomic mass is 79.9. The van der Waals surface area contributed by atoms with E-state index in [4.69, 9.17) is 0 Å². The molecule has 0 radical (unpaired) electrons. The van der Waals surface area contributed by atoms with Crippen LogP contribution in [0.2, 0.25) is 0 Å². The van der Waals surface area contributed by atoms with E-state index in [2.05, 4.69) is 26.3 Å². The van der Waals surface area contributed by atoms with Gasteiger partial charge in [-0.05, 0) is 46.5 Å². The van der Waals surface area contributed by atoms with E-state index < -0.39 is 0 Å². The van der Waals surface area contributed by atoms with E-state index in [1.807, 2.05) is 12.1 Å². The molecule has 1 heterocycles. The van der Waals surface area contributed by atoms with Crippen LogP contribution < -0.4 is 10.9 Å². The first-order valence-electron chi connectivity index (χ1n) is 7.74. The number of anilines is 1. The average Bonchev–Trinajstić information content (AvgIpc) is 3.03. The van der Waals surface area contributed by atoms with Gasteiger partial charge in [-0.2, -0.15) is 5.10 Å². The van der Waals surface area contributed by atoms with Gasteiger partial charge in [-0.3, -0.25) is 4.79 Å². The predicted molar refractivity (Wildman–Crippen MR) is 92.2 cm³/mol. The van der Waals surface area contributed by atoms with Gasteiger partial charge in [0.25, 0.3) is 5.56 Å². The summed E-state index contributed by atoms with van der Waals surface area (Å²) < 4.78 is 15.0. The minimum Gasteiger partial charge on any atom is -0.382 e. The molecule has 1 N–H and O–H groups in total. The Morgan fingerprint density at radius 3 is 2.61 bits per heavy atom. The summed E-state index contributed by atoms with van der Waals surface area (Å²) in [5.41, 5.74) is 1.66. The Morgan fingerprint density at radius 1 is 1.30 bits per heavy atom. The number of hydrogen-bond donors (Lipinski definition) is 1. The van der Waals surface area contributed by atoms with Crippen LogP contribution in [0.4, 0.5) is 10.1 Å². The summed E-state index contributed by atoms with van der Waals surface area (Å²) in [6, 6.07) is 6.79. The van der Waals surface area contributed by atoms with Crippen molar-refractivity contribution in [2.75, 3.05) is 11.9 Å². The molecule has 1 fully saturated rings. The van der Waals surface area contributed by atoms with Gasteiger partial charge < -0.3 is 5.32 Å². The minimum absolute atomic E-state index is 0.0196. The average molecular weight is 380 g/mol. The molecule has 0 aliphatic heterocycles. The summed E-state index contributed by atoms with van der Waals surface area (Å²) >= 11 is 3.34. The lowest BCUT2D eigenvalue weighted by atomic mass is 9.79. The first-order valence-corrected chi connectivity index (χ1v) is 8.53. The van der Waals surface area contributed by atoms with E-state index in [1.54, 1.807) is 13.2 Å². The molecule has 1 aliphatic carbocycles. The number of nitrogens with one attached hydrogen (secondary N) is 1. The molecule has 2 aromatic rings. The molecule has 3 rings (SSSR count). The van der Waals surface area contributed by atoms with E-state index in [0.717, 1.165) is 31.2 Å². The lowest BCUT2D eigenvalue weighted by Gasteiger charge is -2.30. The molecule has 4 nitrogen and oxygen atoms in total. The van der Waals surface area contributed by atoms with Crippen molar-refractivity contribution in [3.63, 3.8) is 0 Å². The molecule has 0 atom stereocenters. The molecule has 1 saturated carbocycles. The van der Waals surface area contributed by atoms with Crippen molar-refractivity contribution >= 4 is 21.6 Å². The van der Waals surface area contributed by atoms with Crippen LogP contribution in [0, 0.1) is 5.82 Å². The van der Waals surface area contributed by atoms with Crippen molar-refractivity contribution in [3.05, 3.63) is 56.7 Å². The van der Waals surface area contributed by atoms with Crippen molar-refractivity contribution < 1.29 is 4.39 Å². The zero-order chi connectivity index (χ0) is 16.4. The van der Waals surface area contributed by atoms with Crippen LogP contribution >= 0.6 is 15.9 Å². The van der Waals surface area contributed by atoms with E-state index >= 15 is 0 Å². The Bertz CT molecular complexity index is 751. The van der Waals surface area contributed by atoms with Gasteiger partial charge in [-0.1, -0.05) is 25.0 Å². The quantitative estimate of drug-likeness (QED) is 0.882. The number of halogens is 2. The van der Waals surface area contributed by atoms with Crippen molar-refractivity contribution in [2.24, 2.45) is 7.05 Å². The Hall–Kier alpha value is -1.69. The molecule has 23 heavy (non-hydrogen) atoms. The van der Waals surface area contributed by atoms with Gasteiger partial charge in [-0.25, -0.2) is 9.07 Å². The van der Waals surface area contributed by atoms with Gasteiger partial charge >= 0.3 is 0 Å². The fourth-order valence-corrected chi connectivity index (χ4v) is 3.82. The third-order valence-corrected chi connectivity index (χ3v) is 5.48. The van der Waals surface area contributed by atoms with Gasteiger partial charge in [0, 0.05) is 19.0 Å². The third-order valence-electron chi connectivity index (χ3n) is 4.71. The number of nitrogens with zero attached hydrogens (tertiary/aromatic N) is 2. The lowest BCUT2D eigenvalue weighted by Crippen LogP contribution is -2.32. The molecule has 122 valence electrons. The lowest BCUT2D eigenvalue weighted by molar-refractivity contribution is 0.465. The summed E-state index contributed by atoms with van der Waals surface area (Å²) in [5.74, 6) is -0.214. The molecule has 0 unspecified atom stereocenters. The van der Waals surface area contributed by atoms with E-state index in [9.17, 15) is 9.18 Å². The Kier molecular flexibility index (Phi) is 4.53. The van der Waals surface area contributed by atoms with Gasteiger partial charge in [0.1, 0.15) is 10.3 Å². The maximum Gasteiger partial charge on any atom is 0.282 e. The monoisotopic (exact) mass is 379 g/mol. The van der Waals surface area contributed by atoms with Crippen molar-refractivity contribution in [1.29, 1.82) is 0 Å². The van der Waals surface area contributed by atoms with E-state index in [0.29, 0.717) is 16.7 Å². The van der Waals surface area contributed by atoms with E-state index in [1.165, 1.54) is 16.8 Å². The smallest absolute Gasteiger partial charge is 0.282 e. The Balaban J connectivity index is 1.85. The van der Waals surface area contributed by atoms with Crippen molar-refractivity contribution in [1.82, 2.24) is 9.78 Å². The summed E-state index contributed by atoms with van der Waals surface area (Å²) in [6.07, 6.45) is 6.09. The molecule has 0 spiro atoms. The third kappa shape index (κ3) is 3.17. The molecular formula is C17H19BrFN3O. The second-order valence-corrected chi connectivity index (χ2v) is 6.94. The fraction of sp³-hybridized carbons (Fsp3) is 0.412. The SMILES string of the molecule is Cn1ncc(NCC2(c3ccc(F)cc3)CCCC2)c(Br)c1=O. The first kappa shape index (κ1) is 16.2. The second kappa shape index (κ2) is 6.43. The molecule has 6 heteroatoms. The standard InChI is InChI=1S/C17H19BrFN3O/c1-22-16(23)15(18)14(10-21-22)20-11-17(8-2-3-9-17)12-4-6-13(19)7-5-12/h4-7,10,20H,2-3,8-9,11H2,1H3. The Morgan fingerprint density at radius 2 is 1.96 bits per heavy atom. The van der Waals surface area contributed by atoms with Gasteiger partial charge in [0.05, 0.1) is 11.9 Å². The number of hydrogen-bond acceptors (Lipinski definition) is 3. The molecular weight excluding hydrogens is 361 g/mol. The molecule has 0 saturated heterocycles. The molecule has 0 bridgehead atoms. The van der Waals surface area contributed by atoms with Crippen LogP contribution in [0.15, 0.2) is 39.7 Å². The topological polar surface area (TPSA) is 46.9 Å². The largest absolute Gasteiger partial charge is 0.382 e. The number of rotatable bonds is 4. The van der Waals surface area contributed by atoms with Crippen molar-refractivity contribution in [3.8, 4) is 0 Å². The maximum absolute atomic E-state index is 13.2. The van der Waals surface area contributed by atoms with Crippen molar-refractivity contribution in [2.45, 2.75) is 31.1 Å². The Labute approximate surface area is 142 Å². The fourth-order valence-electron chi connectivity index (χ4n) is 3.32. The summed E-state index contributed by atoms with van der Waals surface area (Å²) in [6.45, 7) is 0.700. The van der Waals surface area contributed by atoms with Crippen LogP contribution in [-0.2, 0) is 12.5 Å². The summed E-state index contributed by atoms with van der Waals surface area (Å²) in [5, 5.41) is 7.41. The van der Waals surface area contributed by atoms with Crippen LogP contribution in [-0.4, -0.2) is 16.3 Å². The second-order valence-electron chi connectivity index (χ2n) is 6.15. The minimum atomic E-state index is -0.214. The normalized spacial score (nSPS) is 16.5. The molecule has 1 aromatic carbocycles. The number of benzene rings is 1.